The van der Waals surface area contributed by atoms with Gasteiger partial charge in [-0.25, -0.2) is 25.9 Å². The van der Waals surface area contributed by atoms with Crippen LogP contribution in [0.2, 0.25) is 0 Å². The van der Waals surface area contributed by atoms with Gasteiger partial charge in [0.2, 0.25) is 18.3 Å². The van der Waals surface area contributed by atoms with Gasteiger partial charge < -0.3 is 0 Å². The van der Waals surface area contributed by atoms with Crippen LogP contribution in [-0.4, -0.2) is 39.1 Å². The van der Waals surface area contributed by atoms with E-state index in [1.54, 1.807) is 0 Å². The Kier molecular flexibility index (Phi) is 7.90. The number of rotatable bonds is 9. The van der Waals surface area contributed by atoms with Crippen LogP contribution in [0, 0.1) is 12.8 Å². The molecule has 3 N–H and O–H groups in total. The molecule has 26 heavy (non-hydrogen) atoms. The van der Waals surface area contributed by atoms with Gasteiger partial charge in [0, 0.05) is 6.20 Å². The third-order valence-electron chi connectivity index (χ3n) is 3.76. The van der Waals surface area contributed by atoms with E-state index in [1.807, 2.05) is 6.92 Å². The number of hydroxylamine groups is 2. The molecule has 0 spiro atoms. The summed E-state index contributed by atoms with van der Waals surface area (Å²) in [4.78, 5) is 30.3. The Balaban J connectivity index is 2.99. The SMILES string of the molecule is CCCCC[C@H](CN(O)C=O)C(=O)N(N)c1ncc(C(F)(F)F)c(C)n1. The fraction of sp³-hybridized carbons (Fsp3) is 0.600. The molecule has 0 saturated heterocycles. The van der Waals surface area contributed by atoms with E-state index in [0.29, 0.717) is 29.1 Å². The number of hydrogen-bond donors (Lipinski definition) is 2. The average molecular weight is 377 g/mol. The van der Waals surface area contributed by atoms with Gasteiger partial charge in [-0.3, -0.25) is 14.8 Å². The summed E-state index contributed by atoms with van der Waals surface area (Å²) in [7, 11) is 0. The van der Waals surface area contributed by atoms with E-state index >= 15 is 0 Å². The molecule has 1 aromatic rings. The van der Waals surface area contributed by atoms with Crippen LogP contribution in [0.4, 0.5) is 19.1 Å². The Bertz CT molecular complexity index is 627. The van der Waals surface area contributed by atoms with Crippen molar-refractivity contribution in [3.8, 4) is 0 Å². The molecule has 0 aliphatic carbocycles. The van der Waals surface area contributed by atoms with E-state index in [0.717, 1.165) is 19.8 Å². The van der Waals surface area contributed by atoms with Crippen LogP contribution in [0.15, 0.2) is 6.20 Å². The molecule has 2 amide bonds. The normalized spacial score (nSPS) is 12.6. The van der Waals surface area contributed by atoms with Crippen molar-refractivity contribution in [2.75, 3.05) is 11.6 Å². The summed E-state index contributed by atoms with van der Waals surface area (Å²) in [6.45, 7) is 2.81. The van der Waals surface area contributed by atoms with Crippen LogP contribution in [-0.2, 0) is 15.8 Å². The van der Waals surface area contributed by atoms with E-state index in [4.69, 9.17) is 5.84 Å². The first kappa shape index (κ1) is 21.8. The number of aromatic nitrogens is 2. The third-order valence-corrected chi connectivity index (χ3v) is 3.76. The molecule has 0 aliphatic heterocycles. The van der Waals surface area contributed by atoms with Gasteiger partial charge in [-0.1, -0.05) is 26.2 Å². The number of alkyl halides is 3. The van der Waals surface area contributed by atoms with Gasteiger partial charge in [-0.15, -0.1) is 0 Å². The van der Waals surface area contributed by atoms with E-state index in [9.17, 15) is 28.0 Å². The summed E-state index contributed by atoms with van der Waals surface area (Å²) in [5.41, 5.74) is -1.39. The van der Waals surface area contributed by atoms with E-state index in [1.165, 1.54) is 0 Å². The summed E-state index contributed by atoms with van der Waals surface area (Å²) in [5, 5.41) is 10.2. The lowest BCUT2D eigenvalue weighted by molar-refractivity contribution is -0.154. The lowest BCUT2D eigenvalue weighted by atomic mass is 10.00. The predicted molar refractivity (Wildman–Crippen MR) is 85.6 cm³/mol. The first-order valence-electron chi connectivity index (χ1n) is 8.02. The minimum absolute atomic E-state index is 0.153. The van der Waals surface area contributed by atoms with Crippen molar-refractivity contribution in [2.24, 2.45) is 11.8 Å². The molecule has 8 nitrogen and oxygen atoms in total. The van der Waals surface area contributed by atoms with Gasteiger partial charge in [-0.2, -0.15) is 13.2 Å². The molecule has 1 aromatic heterocycles. The van der Waals surface area contributed by atoms with Crippen molar-refractivity contribution in [3.63, 3.8) is 0 Å². The fourth-order valence-corrected chi connectivity index (χ4v) is 2.35. The summed E-state index contributed by atoms with van der Waals surface area (Å²) in [6.07, 6.45) is -1.19. The minimum Gasteiger partial charge on any atom is -0.286 e. The van der Waals surface area contributed by atoms with Crippen molar-refractivity contribution in [2.45, 2.75) is 45.7 Å². The van der Waals surface area contributed by atoms with Gasteiger partial charge in [-0.05, 0) is 13.3 Å². The Hall–Kier alpha value is -2.27. The quantitative estimate of drug-likeness (QED) is 0.170. The standard InChI is InChI=1S/C15H22F3N5O3/c1-3-4-5-6-11(8-22(26)9-24)13(25)23(19)14-20-7-12(10(2)21-14)15(16,17)18/h7,9,11,26H,3-6,8,19H2,1-2H3/t11-/m1/s1. The molecule has 0 saturated carbocycles. The maximum absolute atomic E-state index is 12.8. The predicted octanol–water partition coefficient (Wildman–Crippen LogP) is 2.05. The van der Waals surface area contributed by atoms with E-state index < -0.39 is 29.5 Å². The molecule has 11 heteroatoms. The van der Waals surface area contributed by atoms with Crippen LogP contribution in [0.1, 0.15) is 43.9 Å². The molecule has 1 rings (SSSR count). The number of unbranched alkanes of at least 4 members (excludes halogenated alkanes) is 2. The highest BCUT2D eigenvalue weighted by Gasteiger charge is 2.34. The Morgan fingerprint density at radius 2 is 2.08 bits per heavy atom. The van der Waals surface area contributed by atoms with Gasteiger partial charge in [0.15, 0.2) is 0 Å². The van der Waals surface area contributed by atoms with Crippen LogP contribution in [0.5, 0.6) is 0 Å². The summed E-state index contributed by atoms with van der Waals surface area (Å²) < 4.78 is 38.3. The van der Waals surface area contributed by atoms with Crippen molar-refractivity contribution < 1.29 is 28.0 Å². The molecule has 0 fully saturated rings. The number of nitrogens with zero attached hydrogens (tertiary/aromatic N) is 4. The second-order valence-electron chi connectivity index (χ2n) is 5.80. The monoisotopic (exact) mass is 377 g/mol. The van der Waals surface area contributed by atoms with Crippen LogP contribution < -0.4 is 10.9 Å². The number of amides is 2. The second-order valence-corrected chi connectivity index (χ2v) is 5.80. The van der Waals surface area contributed by atoms with Gasteiger partial charge in [0.1, 0.15) is 0 Å². The lowest BCUT2D eigenvalue weighted by Crippen LogP contribution is -2.46. The van der Waals surface area contributed by atoms with E-state index in [2.05, 4.69) is 9.97 Å². The molecule has 146 valence electrons. The number of aryl methyl sites for hydroxylation is 1. The molecular formula is C15H22F3N5O3. The lowest BCUT2D eigenvalue weighted by Gasteiger charge is -2.24. The minimum atomic E-state index is -4.61. The highest BCUT2D eigenvalue weighted by molar-refractivity contribution is 5.92. The number of carbonyl (C=O) groups is 2. The largest absolute Gasteiger partial charge is 0.419 e. The zero-order valence-electron chi connectivity index (χ0n) is 14.5. The molecule has 0 radical (unpaired) electrons. The number of anilines is 1. The van der Waals surface area contributed by atoms with Crippen molar-refractivity contribution >= 4 is 18.3 Å². The highest BCUT2D eigenvalue weighted by atomic mass is 19.4. The summed E-state index contributed by atoms with van der Waals surface area (Å²) >= 11 is 0. The smallest absolute Gasteiger partial charge is 0.286 e. The third kappa shape index (κ3) is 5.92. The maximum Gasteiger partial charge on any atom is 0.419 e. The number of hydrogen-bond acceptors (Lipinski definition) is 6. The number of hydrazine groups is 1. The van der Waals surface area contributed by atoms with Crippen LogP contribution in [0.3, 0.4) is 0 Å². The van der Waals surface area contributed by atoms with Crippen molar-refractivity contribution in [1.29, 1.82) is 0 Å². The molecular weight excluding hydrogens is 355 g/mol. The second kappa shape index (κ2) is 9.43. The zero-order chi connectivity index (χ0) is 19.9. The first-order chi connectivity index (χ1) is 12.1. The zero-order valence-corrected chi connectivity index (χ0v) is 14.5. The molecule has 1 heterocycles. The summed E-state index contributed by atoms with van der Waals surface area (Å²) in [5.74, 6) is 3.74. The van der Waals surface area contributed by atoms with E-state index in [-0.39, 0.29) is 18.6 Å². The average Bonchev–Trinajstić information content (AvgIpc) is 2.58. The molecule has 0 aromatic carbocycles. The van der Waals surface area contributed by atoms with Crippen molar-refractivity contribution in [3.05, 3.63) is 17.5 Å². The molecule has 0 unspecified atom stereocenters. The number of halogens is 3. The van der Waals surface area contributed by atoms with Crippen LogP contribution >= 0.6 is 0 Å². The first-order valence-corrected chi connectivity index (χ1v) is 8.02. The number of nitrogens with two attached hydrogens (primary N) is 1. The Labute approximate surface area is 148 Å². The topological polar surface area (TPSA) is 113 Å². The van der Waals surface area contributed by atoms with Crippen LogP contribution in [0.25, 0.3) is 0 Å². The van der Waals surface area contributed by atoms with Gasteiger partial charge in [0.05, 0.1) is 23.7 Å². The maximum atomic E-state index is 12.8. The van der Waals surface area contributed by atoms with Gasteiger partial charge in [0.25, 0.3) is 0 Å². The fourth-order valence-electron chi connectivity index (χ4n) is 2.35. The van der Waals surface area contributed by atoms with Crippen molar-refractivity contribution in [1.82, 2.24) is 15.0 Å². The molecule has 1 atom stereocenters. The molecule has 0 bridgehead atoms. The molecule has 0 aliphatic rings. The Morgan fingerprint density at radius 1 is 1.42 bits per heavy atom. The van der Waals surface area contributed by atoms with Gasteiger partial charge >= 0.3 is 6.18 Å². The summed E-state index contributed by atoms with van der Waals surface area (Å²) in [6, 6.07) is 0. The highest BCUT2D eigenvalue weighted by Crippen LogP contribution is 2.31. The number of carbonyl (C=O) groups excluding carboxylic acids is 2. The Morgan fingerprint density at radius 3 is 2.58 bits per heavy atom.